The maximum absolute atomic E-state index is 9.68. The summed E-state index contributed by atoms with van der Waals surface area (Å²) in [5, 5.41) is 11.9. The highest BCUT2D eigenvalue weighted by Crippen LogP contribution is 2.51. The van der Waals surface area contributed by atoms with Crippen LogP contribution in [0, 0.1) is 5.41 Å². The lowest BCUT2D eigenvalue weighted by Crippen LogP contribution is -2.69. The molecule has 0 saturated carbocycles. The predicted molar refractivity (Wildman–Crippen MR) is 114 cm³/mol. The second kappa shape index (κ2) is 8.64. The monoisotopic (exact) mass is 405 g/mol. The van der Waals surface area contributed by atoms with E-state index in [1.54, 1.807) is 0 Å². The highest BCUT2D eigenvalue weighted by atomic mass is 16.7. The first-order chi connectivity index (χ1) is 13.7. The number of ether oxygens (including phenoxy) is 2. The van der Waals surface area contributed by atoms with Crippen LogP contribution >= 0.6 is 0 Å². The lowest BCUT2D eigenvalue weighted by Gasteiger charge is -2.61. The predicted octanol–water partition coefficient (Wildman–Crippen LogP) is 4.34. The van der Waals surface area contributed by atoms with Crippen molar-refractivity contribution in [2.24, 2.45) is 5.41 Å². The van der Waals surface area contributed by atoms with Crippen LogP contribution in [-0.4, -0.2) is 53.5 Å². The van der Waals surface area contributed by atoms with Crippen molar-refractivity contribution in [2.45, 2.75) is 83.6 Å². The number of rotatable bonds is 7. The molecule has 3 rings (SSSR count). The van der Waals surface area contributed by atoms with Crippen LogP contribution in [0.4, 0.5) is 0 Å². The van der Waals surface area contributed by atoms with Crippen molar-refractivity contribution in [3.05, 3.63) is 35.9 Å². The molecule has 29 heavy (non-hydrogen) atoms. The van der Waals surface area contributed by atoms with E-state index in [9.17, 15) is 5.11 Å². The minimum absolute atomic E-state index is 0.0773. The molecule has 0 amide bonds. The van der Waals surface area contributed by atoms with Gasteiger partial charge in [-0.2, -0.15) is 5.06 Å². The van der Waals surface area contributed by atoms with Gasteiger partial charge in [-0.15, -0.1) is 0 Å². The second-order valence-corrected chi connectivity index (χ2v) is 9.92. The number of benzene rings is 1. The van der Waals surface area contributed by atoms with E-state index >= 15 is 0 Å². The normalized spacial score (nSPS) is 31.8. The van der Waals surface area contributed by atoms with Crippen molar-refractivity contribution in [3.63, 3.8) is 0 Å². The van der Waals surface area contributed by atoms with Crippen LogP contribution < -0.4 is 0 Å². The largest absolute Gasteiger partial charge is 0.396 e. The van der Waals surface area contributed by atoms with E-state index in [0.29, 0.717) is 19.8 Å². The average molecular weight is 406 g/mol. The third-order valence-electron chi connectivity index (χ3n) is 6.80. The molecule has 5 nitrogen and oxygen atoms in total. The summed E-state index contributed by atoms with van der Waals surface area (Å²) in [6.07, 6.45) is 4.34. The third kappa shape index (κ3) is 4.70. The molecule has 0 atom stereocenters. The Morgan fingerprint density at radius 3 is 2.17 bits per heavy atom. The fourth-order valence-electron chi connectivity index (χ4n) is 5.00. The number of nitrogens with zero attached hydrogens (tertiary/aromatic N) is 1. The van der Waals surface area contributed by atoms with Gasteiger partial charge in [-0.25, -0.2) is 0 Å². The van der Waals surface area contributed by atoms with E-state index in [1.165, 1.54) is 5.56 Å². The Hall–Kier alpha value is -0.980. The summed E-state index contributed by atoms with van der Waals surface area (Å²) in [6, 6.07) is 10.5. The van der Waals surface area contributed by atoms with E-state index in [2.05, 4.69) is 57.0 Å². The summed E-state index contributed by atoms with van der Waals surface area (Å²) in [4.78, 5) is 6.48. The number of piperidine rings is 1. The molecule has 1 aromatic rings. The molecule has 1 aromatic carbocycles. The van der Waals surface area contributed by atoms with Crippen LogP contribution in [0.2, 0.25) is 0 Å². The van der Waals surface area contributed by atoms with Crippen molar-refractivity contribution in [2.75, 3.05) is 26.4 Å². The number of hydrogen-bond acceptors (Lipinski definition) is 5. The summed E-state index contributed by atoms with van der Waals surface area (Å²) in [5.74, 6) is -0.608. The molecule has 164 valence electrons. The zero-order valence-electron chi connectivity index (χ0n) is 18.9. The standard InChI is InChI=1S/C24H39NO4/c1-6-23(7-2)16-24(27-18-22(5,17-26)19-28-24)15-21(3,4)25(23)29-14-13-20-11-9-8-10-12-20/h8-12,26H,6-7,13-19H2,1-5H3. The number of hydrogen-bond donors (Lipinski definition) is 1. The molecule has 0 bridgehead atoms. The summed E-state index contributed by atoms with van der Waals surface area (Å²) in [5.41, 5.74) is 0.596. The Balaban J connectivity index is 1.75. The third-order valence-corrected chi connectivity index (χ3v) is 6.80. The summed E-state index contributed by atoms with van der Waals surface area (Å²) in [7, 11) is 0. The summed E-state index contributed by atoms with van der Waals surface area (Å²) >= 11 is 0. The molecule has 0 radical (unpaired) electrons. The van der Waals surface area contributed by atoms with E-state index in [0.717, 1.165) is 32.1 Å². The van der Waals surface area contributed by atoms with Gasteiger partial charge in [0.2, 0.25) is 0 Å². The second-order valence-electron chi connectivity index (χ2n) is 9.92. The Bertz CT molecular complexity index is 648. The molecule has 2 aliphatic rings. The smallest absolute Gasteiger partial charge is 0.172 e. The van der Waals surface area contributed by atoms with Gasteiger partial charge in [0.25, 0.3) is 0 Å². The minimum atomic E-state index is -0.608. The first kappa shape index (κ1) is 22.7. The first-order valence-electron chi connectivity index (χ1n) is 11.1. The maximum Gasteiger partial charge on any atom is 0.172 e. The SMILES string of the molecule is CCC1(CC)CC2(CC(C)(C)N1OCCc1ccccc1)OCC(C)(CO)CO2. The van der Waals surface area contributed by atoms with Gasteiger partial charge in [0.15, 0.2) is 5.79 Å². The van der Waals surface area contributed by atoms with Gasteiger partial charge in [-0.05, 0) is 38.7 Å². The van der Waals surface area contributed by atoms with Crippen molar-refractivity contribution in [1.82, 2.24) is 5.06 Å². The average Bonchev–Trinajstić information content (AvgIpc) is 2.72. The highest BCUT2D eigenvalue weighted by molar-refractivity contribution is 5.14. The molecule has 2 heterocycles. The molecule has 1 spiro atoms. The molecule has 0 aromatic heterocycles. The quantitative estimate of drug-likeness (QED) is 0.731. The molecule has 2 aliphatic heterocycles. The highest BCUT2D eigenvalue weighted by Gasteiger charge is 2.59. The van der Waals surface area contributed by atoms with Crippen molar-refractivity contribution in [1.29, 1.82) is 0 Å². The fraction of sp³-hybridized carbons (Fsp3) is 0.750. The fourth-order valence-corrected chi connectivity index (χ4v) is 5.00. The molecule has 5 heteroatoms. The number of aliphatic hydroxyl groups excluding tert-OH is 1. The maximum atomic E-state index is 9.68. The minimum Gasteiger partial charge on any atom is -0.396 e. The molecule has 2 saturated heterocycles. The van der Waals surface area contributed by atoms with Crippen molar-refractivity contribution in [3.8, 4) is 0 Å². The van der Waals surface area contributed by atoms with E-state index in [4.69, 9.17) is 14.3 Å². The van der Waals surface area contributed by atoms with Crippen molar-refractivity contribution < 1.29 is 19.4 Å². The van der Waals surface area contributed by atoms with Crippen LogP contribution in [-0.2, 0) is 20.7 Å². The van der Waals surface area contributed by atoms with Crippen LogP contribution in [0.1, 0.15) is 65.9 Å². The molecule has 1 N–H and O–H groups in total. The van der Waals surface area contributed by atoms with E-state index < -0.39 is 5.79 Å². The number of hydroxylamine groups is 2. The lowest BCUT2D eigenvalue weighted by atomic mass is 9.72. The summed E-state index contributed by atoms with van der Waals surface area (Å²) in [6.45, 7) is 12.7. The van der Waals surface area contributed by atoms with Gasteiger partial charge >= 0.3 is 0 Å². The van der Waals surface area contributed by atoms with Gasteiger partial charge in [0.05, 0.1) is 32.0 Å². The molecule has 0 aliphatic carbocycles. The van der Waals surface area contributed by atoms with Gasteiger partial charge in [-0.1, -0.05) is 51.1 Å². The van der Waals surface area contributed by atoms with Crippen LogP contribution in [0.25, 0.3) is 0 Å². The topological polar surface area (TPSA) is 51.2 Å². The molecular weight excluding hydrogens is 366 g/mol. The van der Waals surface area contributed by atoms with Gasteiger partial charge in [0, 0.05) is 23.8 Å². The molecular formula is C24H39NO4. The Labute approximate surface area is 176 Å². The van der Waals surface area contributed by atoms with Crippen LogP contribution in [0.3, 0.4) is 0 Å². The Morgan fingerprint density at radius 1 is 1.00 bits per heavy atom. The molecule has 2 fully saturated rings. The first-order valence-corrected chi connectivity index (χ1v) is 11.1. The zero-order valence-corrected chi connectivity index (χ0v) is 18.9. The van der Waals surface area contributed by atoms with Crippen LogP contribution in [0.15, 0.2) is 30.3 Å². The Morgan fingerprint density at radius 2 is 1.62 bits per heavy atom. The molecule has 0 unspecified atom stereocenters. The van der Waals surface area contributed by atoms with Gasteiger partial charge < -0.3 is 14.6 Å². The van der Waals surface area contributed by atoms with Gasteiger partial charge in [-0.3, -0.25) is 4.84 Å². The van der Waals surface area contributed by atoms with Crippen molar-refractivity contribution >= 4 is 0 Å². The number of aliphatic hydroxyl groups is 1. The summed E-state index contributed by atoms with van der Waals surface area (Å²) < 4.78 is 12.7. The van der Waals surface area contributed by atoms with Crippen LogP contribution in [0.5, 0.6) is 0 Å². The lowest BCUT2D eigenvalue weighted by molar-refractivity contribution is -0.388. The van der Waals surface area contributed by atoms with Gasteiger partial charge in [0.1, 0.15) is 0 Å². The Kier molecular flexibility index (Phi) is 6.76. The zero-order chi connectivity index (χ0) is 21.2. The van der Waals surface area contributed by atoms with E-state index in [-0.39, 0.29) is 23.1 Å². The van der Waals surface area contributed by atoms with E-state index in [1.807, 2.05) is 13.0 Å².